The zero-order chi connectivity index (χ0) is 9.28. The van der Waals surface area contributed by atoms with Crippen molar-refractivity contribution in [2.45, 2.75) is 6.92 Å². The van der Waals surface area contributed by atoms with Gasteiger partial charge in [-0.15, -0.1) is 0 Å². The second kappa shape index (κ2) is 8.55. The van der Waals surface area contributed by atoms with Crippen molar-refractivity contribution in [3.05, 3.63) is 25.0 Å². The van der Waals surface area contributed by atoms with E-state index in [4.69, 9.17) is 19.7 Å². The van der Waals surface area contributed by atoms with Crippen LogP contribution in [0.25, 0.3) is 0 Å². The van der Waals surface area contributed by atoms with Gasteiger partial charge in [0.05, 0.1) is 5.76 Å². The summed E-state index contributed by atoms with van der Waals surface area (Å²) in [5, 5.41) is 13.9. The summed E-state index contributed by atoms with van der Waals surface area (Å²) in [4.78, 5) is 8.56. The molecule has 0 aromatic rings. The van der Waals surface area contributed by atoms with Crippen LogP contribution in [0.4, 0.5) is 4.79 Å². The number of carbonyl (C=O) groups is 1. The lowest BCUT2D eigenvalue weighted by Crippen LogP contribution is -1.83. The summed E-state index contributed by atoms with van der Waals surface area (Å²) in [5.74, 6) is 0.736. The normalized spacial score (nSPS) is 7.00. The van der Waals surface area contributed by atoms with Crippen LogP contribution < -0.4 is 0 Å². The molecule has 0 aliphatic rings. The molecule has 0 aliphatic heterocycles. The van der Waals surface area contributed by atoms with Crippen LogP contribution in [0.5, 0.6) is 0 Å². The van der Waals surface area contributed by atoms with Crippen LogP contribution in [-0.4, -0.2) is 23.0 Å². The van der Waals surface area contributed by atoms with Crippen LogP contribution in [-0.2, 0) is 4.74 Å². The van der Waals surface area contributed by atoms with Gasteiger partial charge in [-0.3, -0.25) is 0 Å². The topological polar surface area (TPSA) is 66.8 Å². The molecule has 0 bridgehead atoms. The Morgan fingerprint density at radius 1 is 1.64 bits per heavy atom. The Kier molecular flexibility index (Phi) is 9.52. The molecule has 0 aromatic heterocycles. The molecular weight excluding hydrogens is 148 g/mol. The van der Waals surface area contributed by atoms with Crippen molar-refractivity contribution >= 4 is 6.16 Å². The van der Waals surface area contributed by atoms with Crippen LogP contribution in [0.15, 0.2) is 25.0 Å². The van der Waals surface area contributed by atoms with E-state index in [-0.39, 0.29) is 0 Å². The second-order valence-electron chi connectivity index (χ2n) is 1.58. The number of rotatable bonds is 3. The molecule has 0 heterocycles. The molecule has 4 heteroatoms. The van der Waals surface area contributed by atoms with Crippen LogP contribution in [0.1, 0.15) is 6.92 Å². The molecule has 0 atom stereocenters. The first-order valence-electron chi connectivity index (χ1n) is 2.81. The Hall–Kier alpha value is -1.45. The predicted octanol–water partition coefficient (Wildman–Crippen LogP) is 1.95. The third-order valence-electron chi connectivity index (χ3n) is 0.448. The van der Waals surface area contributed by atoms with Gasteiger partial charge >= 0.3 is 6.16 Å². The molecule has 11 heavy (non-hydrogen) atoms. The monoisotopic (exact) mass is 160 g/mol. The van der Waals surface area contributed by atoms with Crippen molar-refractivity contribution in [1.82, 2.24) is 0 Å². The van der Waals surface area contributed by atoms with E-state index in [9.17, 15) is 0 Å². The van der Waals surface area contributed by atoms with E-state index in [1.165, 1.54) is 0 Å². The van der Waals surface area contributed by atoms with Crippen molar-refractivity contribution in [1.29, 1.82) is 0 Å². The van der Waals surface area contributed by atoms with Gasteiger partial charge in [-0.25, -0.2) is 4.79 Å². The minimum absolute atomic E-state index is 0.565. The highest BCUT2D eigenvalue weighted by Gasteiger charge is 1.75. The van der Waals surface area contributed by atoms with E-state index in [0.29, 0.717) is 6.61 Å². The first-order valence-corrected chi connectivity index (χ1v) is 2.81. The SMILES string of the molecule is C=CCOC(=C)C.O=C(O)O. The molecule has 64 valence electrons. The summed E-state index contributed by atoms with van der Waals surface area (Å²) >= 11 is 0. The molecule has 0 aliphatic carbocycles. The van der Waals surface area contributed by atoms with Crippen LogP contribution >= 0.6 is 0 Å². The molecule has 2 N–H and O–H groups in total. The Morgan fingerprint density at radius 2 is 2.00 bits per heavy atom. The quantitative estimate of drug-likeness (QED) is 0.489. The summed E-state index contributed by atoms with van der Waals surface area (Å²) in [6.07, 6.45) is -0.144. The average molecular weight is 160 g/mol. The zero-order valence-corrected chi connectivity index (χ0v) is 6.41. The molecule has 0 unspecified atom stereocenters. The van der Waals surface area contributed by atoms with Crippen LogP contribution in [0.2, 0.25) is 0 Å². The Bertz CT molecular complexity index is 135. The maximum atomic E-state index is 8.56. The lowest BCUT2D eigenvalue weighted by molar-refractivity contribution is 0.137. The molecule has 0 radical (unpaired) electrons. The van der Waals surface area contributed by atoms with E-state index in [1.807, 2.05) is 6.92 Å². The molecule has 0 saturated carbocycles. The van der Waals surface area contributed by atoms with E-state index < -0.39 is 6.16 Å². The van der Waals surface area contributed by atoms with Crippen LogP contribution in [0.3, 0.4) is 0 Å². The van der Waals surface area contributed by atoms with Gasteiger partial charge in [0.15, 0.2) is 0 Å². The zero-order valence-electron chi connectivity index (χ0n) is 6.41. The highest BCUT2D eigenvalue weighted by atomic mass is 16.6. The minimum Gasteiger partial charge on any atom is -0.495 e. The summed E-state index contributed by atoms with van der Waals surface area (Å²) < 4.78 is 4.88. The molecule has 0 aromatic carbocycles. The standard InChI is InChI=1S/C6H10O.CH2O3/c1-4-5-7-6(2)3;2-1(3)4/h4H,1-2,5H2,3H3;(H2,2,3,4). The van der Waals surface area contributed by atoms with Gasteiger partial charge in [-0.1, -0.05) is 19.2 Å². The number of ether oxygens (including phenoxy) is 1. The fourth-order valence-corrected chi connectivity index (χ4v) is 0.201. The molecule has 0 amide bonds. The Balaban J connectivity index is 0. The molecule has 4 nitrogen and oxygen atoms in total. The maximum absolute atomic E-state index is 8.56. The van der Waals surface area contributed by atoms with E-state index >= 15 is 0 Å². The summed E-state index contributed by atoms with van der Waals surface area (Å²) in [6, 6.07) is 0. The van der Waals surface area contributed by atoms with Gasteiger partial charge in [0.1, 0.15) is 6.61 Å². The summed E-state index contributed by atoms with van der Waals surface area (Å²) in [5.41, 5.74) is 0. The predicted molar refractivity (Wildman–Crippen MR) is 41.6 cm³/mol. The largest absolute Gasteiger partial charge is 0.503 e. The summed E-state index contributed by atoms with van der Waals surface area (Å²) in [6.45, 7) is 9.36. The second-order valence-corrected chi connectivity index (χ2v) is 1.58. The molecule has 0 fully saturated rings. The van der Waals surface area contributed by atoms with Gasteiger partial charge in [0, 0.05) is 0 Å². The molecule has 0 rings (SSSR count). The molecular formula is C7H12O4. The lowest BCUT2D eigenvalue weighted by atomic mass is 10.6. The number of hydrogen-bond donors (Lipinski definition) is 2. The van der Waals surface area contributed by atoms with Crippen molar-refractivity contribution < 1.29 is 19.7 Å². The number of allylic oxidation sites excluding steroid dienone is 1. The van der Waals surface area contributed by atoms with Crippen molar-refractivity contribution in [3.8, 4) is 0 Å². The van der Waals surface area contributed by atoms with Crippen molar-refractivity contribution in [2.75, 3.05) is 6.61 Å². The van der Waals surface area contributed by atoms with E-state index in [1.54, 1.807) is 6.08 Å². The Labute approximate surface area is 65.4 Å². The fraction of sp³-hybridized carbons (Fsp3) is 0.286. The lowest BCUT2D eigenvalue weighted by Gasteiger charge is -1.96. The van der Waals surface area contributed by atoms with E-state index in [2.05, 4.69) is 13.2 Å². The van der Waals surface area contributed by atoms with Crippen molar-refractivity contribution in [2.24, 2.45) is 0 Å². The Morgan fingerprint density at radius 3 is 2.09 bits per heavy atom. The highest BCUT2D eigenvalue weighted by Crippen LogP contribution is 1.87. The maximum Gasteiger partial charge on any atom is 0.503 e. The molecule has 0 saturated heterocycles. The molecule has 0 spiro atoms. The average Bonchev–Trinajstić information content (AvgIpc) is 1.82. The van der Waals surface area contributed by atoms with Gasteiger partial charge in [-0.2, -0.15) is 0 Å². The number of hydrogen-bond acceptors (Lipinski definition) is 2. The van der Waals surface area contributed by atoms with Gasteiger partial charge in [-0.05, 0) is 6.92 Å². The third kappa shape index (κ3) is 56.4. The fourth-order valence-electron chi connectivity index (χ4n) is 0.201. The first-order chi connectivity index (χ1) is 5.00. The first kappa shape index (κ1) is 12.2. The third-order valence-corrected chi connectivity index (χ3v) is 0.448. The van der Waals surface area contributed by atoms with Gasteiger partial charge < -0.3 is 14.9 Å². The van der Waals surface area contributed by atoms with Crippen LogP contribution in [0, 0.1) is 0 Å². The van der Waals surface area contributed by atoms with Gasteiger partial charge in [0.25, 0.3) is 0 Å². The summed E-state index contributed by atoms with van der Waals surface area (Å²) in [7, 11) is 0. The van der Waals surface area contributed by atoms with E-state index in [0.717, 1.165) is 5.76 Å². The van der Waals surface area contributed by atoms with Gasteiger partial charge in [0.2, 0.25) is 0 Å². The minimum atomic E-state index is -1.83. The smallest absolute Gasteiger partial charge is 0.495 e. The van der Waals surface area contributed by atoms with Crippen molar-refractivity contribution in [3.63, 3.8) is 0 Å². The highest BCUT2D eigenvalue weighted by molar-refractivity contribution is 5.53. The number of carboxylic acid groups (broad SMARTS) is 2.